The number of nitrogens with zero attached hydrogens (tertiary/aromatic N) is 2. The lowest BCUT2D eigenvalue weighted by Gasteiger charge is -2.33. The van der Waals surface area contributed by atoms with Crippen molar-refractivity contribution in [2.75, 3.05) is 26.2 Å². The highest BCUT2D eigenvalue weighted by molar-refractivity contribution is 5.79. The molecule has 0 bridgehead atoms. The number of carboxylic acid groups (broad SMARTS) is 1. The molecule has 1 N–H and O–H groups in total. The minimum Gasteiger partial charge on any atom is -0.481 e. The average molecular weight is 268 g/mol. The van der Waals surface area contributed by atoms with Crippen LogP contribution in [-0.2, 0) is 9.59 Å². The predicted molar refractivity (Wildman–Crippen MR) is 71.8 cm³/mol. The number of aliphatic carboxylic acids is 1. The minimum absolute atomic E-state index is 0.0383. The van der Waals surface area contributed by atoms with Crippen LogP contribution in [0.1, 0.15) is 33.1 Å². The molecule has 0 radical (unpaired) electrons. The number of piperidine rings is 1. The van der Waals surface area contributed by atoms with Gasteiger partial charge in [0.2, 0.25) is 5.91 Å². The minimum atomic E-state index is -0.742. The molecular formula is C14H24N2O3. The van der Waals surface area contributed by atoms with Gasteiger partial charge in [0, 0.05) is 19.1 Å². The van der Waals surface area contributed by atoms with Crippen molar-refractivity contribution in [3.05, 3.63) is 0 Å². The fraction of sp³-hybridized carbons (Fsp3) is 0.857. The first-order valence-corrected chi connectivity index (χ1v) is 7.23. The lowest BCUT2D eigenvalue weighted by Crippen LogP contribution is -2.46. The summed E-state index contributed by atoms with van der Waals surface area (Å²) >= 11 is 0. The molecule has 2 aliphatic rings. The SMILES string of the molecule is CC1CCCN(C(=O)CN2CCC(C(=O)O)C2C)C1. The van der Waals surface area contributed by atoms with Crippen molar-refractivity contribution < 1.29 is 14.7 Å². The first-order valence-electron chi connectivity index (χ1n) is 7.23. The second-order valence-electron chi connectivity index (χ2n) is 6.03. The van der Waals surface area contributed by atoms with Crippen LogP contribution in [-0.4, -0.2) is 59.0 Å². The van der Waals surface area contributed by atoms with Crippen LogP contribution in [0, 0.1) is 11.8 Å². The van der Waals surface area contributed by atoms with Crippen molar-refractivity contribution in [1.29, 1.82) is 0 Å². The van der Waals surface area contributed by atoms with Crippen molar-refractivity contribution in [2.45, 2.75) is 39.2 Å². The summed E-state index contributed by atoms with van der Waals surface area (Å²) < 4.78 is 0. The van der Waals surface area contributed by atoms with Gasteiger partial charge in [-0.25, -0.2) is 0 Å². The van der Waals surface area contributed by atoms with E-state index in [0.717, 1.165) is 19.5 Å². The van der Waals surface area contributed by atoms with E-state index in [4.69, 9.17) is 5.11 Å². The van der Waals surface area contributed by atoms with Crippen LogP contribution in [0.15, 0.2) is 0 Å². The molecule has 0 aliphatic carbocycles. The first kappa shape index (κ1) is 14.3. The third-order valence-corrected chi connectivity index (χ3v) is 4.55. The summed E-state index contributed by atoms with van der Waals surface area (Å²) in [5.41, 5.74) is 0. The molecule has 3 unspecified atom stereocenters. The van der Waals surface area contributed by atoms with E-state index in [1.165, 1.54) is 6.42 Å². The molecular weight excluding hydrogens is 244 g/mol. The van der Waals surface area contributed by atoms with Crippen LogP contribution in [0.5, 0.6) is 0 Å². The van der Waals surface area contributed by atoms with Crippen LogP contribution in [0.3, 0.4) is 0 Å². The van der Waals surface area contributed by atoms with E-state index in [9.17, 15) is 9.59 Å². The molecule has 2 saturated heterocycles. The molecule has 0 aromatic heterocycles. The highest BCUT2D eigenvalue weighted by Crippen LogP contribution is 2.24. The highest BCUT2D eigenvalue weighted by Gasteiger charge is 2.37. The Bertz CT molecular complexity index is 359. The molecule has 0 aromatic rings. The normalized spacial score (nSPS) is 32.5. The van der Waals surface area contributed by atoms with Crippen molar-refractivity contribution in [2.24, 2.45) is 11.8 Å². The largest absolute Gasteiger partial charge is 0.481 e. The van der Waals surface area contributed by atoms with E-state index in [2.05, 4.69) is 6.92 Å². The third kappa shape index (κ3) is 3.26. The molecule has 5 heteroatoms. The van der Waals surface area contributed by atoms with E-state index in [1.807, 2.05) is 16.7 Å². The van der Waals surface area contributed by atoms with Crippen LogP contribution in [0.2, 0.25) is 0 Å². The second-order valence-corrected chi connectivity index (χ2v) is 6.03. The van der Waals surface area contributed by atoms with Gasteiger partial charge in [-0.1, -0.05) is 6.92 Å². The Hall–Kier alpha value is -1.10. The maximum Gasteiger partial charge on any atom is 0.308 e. The number of rotatable bonds is 3. The molecule has 2 heterocycles. The van der Waals surface area contributed by atoms with E-state index in [1.54, 1.807) is 0 Å². The fourth-order valence-electron chi connectivity index (χ4n) is 3.25. The second kappa shape index (κ2) is 5.90. The van der Waals surface area contributed by atoms with E-state index in [-0.39, 0.29) is 17.9 Å². The Balaban J connectivity index is 1.87. The summed E-state index contributed by atoms with van der Waals surface area (Å²) in [6, 6.07) is -0.0383. The van der Waals surface area contributed by atoms with Gasteiger partial charge in [-0.3, -0.25) is 14.5 Å². The van der Waals surface area contributed by atoms with E-state index in [0.29, 0.717) is 25.4 Å². The summed E-state index contributed by atoms with van der Waals surface area (Å²) in [6.45, 7) is 6.89. The smallest absolute Gasteiger partial charge is 0.308 e. The molecule has 108 valence electrons. The Morgan fingerprint density at radius 2 is 1.95 bits per heavy atom. The molecule has 3 atom stereocenters. The lowest BCUT2D eigenvalue weighted by atomic mass is 10.0. The van der Waals surface area contributed by atoms with Gasteiger partial charge in [0.15, 0.2) is 0 Å². The molecule has 2 rings (SSSR count). The molecule has 2 aliphatic heterocycles. The molecule has 2 fully saturated rings. The quantitative estimate of drug-likeness (QED) is 0.831. The molecule has 5 nitrogen and oxygen atoms in total. The number of hydrogen-bond donors (Lipinski definition) is 1. The number of carbonyl (C=O) groups excluding carboxylic acids is 1. The van der Waals surface area contributed by atoms with Gasteiger partial charge in [-0.2, -0.15) is 0 Å². The summed E-state index contributed by atoms with van der Waals surface area (Å²) in [5, 5.41) is 9.10. The first-order chi connectivity index (χ1) is 8.99. The lowest BCUT2D eigenvalue weighted by molar-refractivity contribution is -0.143. The fourth-order valence-corrected chi connectivity index (χ4v) is 3.25. The Labute approximate surface area is 114 Å². The number of likely N-dealkylation sites (tertiary alicyclic amines) is 2. The summed E-state index contributed by atoms with van der Waals surface area (Å²) in [5.74, 6) is -0.327. The summed E-state index contributed by atoms with van der Waals surface area (Å²) in [6.07, 6.45) is 2.94. The van der Waals surface area contributed by atoms with Crippen LogP contribution in [0.4, 0.5) is 0 Å². The topological polar surface area (TPSA) is 60.9 Å². The summed E-state index contributed by atoms with van der Waals surface area (Å²) in [7, 11) is 0. The standard InChI is InChI=1S/C14H24N2O3/c1-10-4-3-6-16(8-10)13(17)9-15-7-5-12(11(15)2)14(18)19/h10-12H,3-9H2,1-2H3,(H,18,19). The van der Waals surface area contributed by atoms with Crippen LogP contribution >= 0.6 is 0 Å². The van der Waals surface area contributed by atoms with Gasteiger partial charge in [0.05, 0.1) is 12.5 Å². The van der Waals surface area contributed by atoms with Gasteiger partial charge in [-0.15, -0.1) is 0 Å². The van der Waals surface area contributed by atoms with Gasteiger partial charge in [0.25, 0.3) is 0 Å². The number of carboxylic acids is 1. The number of carbonyl (C=O) groups is 2. The van der Waals surface area contributed by atoms with Gasteiger partial charge >= 0.3 is 5.97 Å². The van der Waals surface area contributed by atoms with Crippen LogP contribution in [0.25, 0.3) is 0 Å². The molecule has 0 aromatic carbocycles. The zero-order valence-corrected chi connectivity index (χ0v) is 11.8. The van der Waals surface area contributed by atoms with Crippen molar-refractivity contribution in [1.82, 2.24) is 9.80 Å². The predicted octanol–water partition coefficient (Wildman–Crippen LogP) is 1.04. The Morgan fingerprint density at radius 3 is 2.53 bits per heavy atom. The molecule has 0 spiro atoms. The van der Waals surface area contributed by atoms with Crippen molar-refractivity contribution in [3.8, 4) is 0 Å². The van der Waals surface area contributed by atoms with Crippen molar-refractivity contribution in [3.63, 3.8) is 0 Å². The molecule has 1 amide bonds. The van der Waals surface area contributed by atoms with Crippen molar-refractivity contribution >= 4 is 11.9 Å². The van der Waals surface area contributed by atoms with E-state index >= 15 is 0 Å². The molecule has 19 heavy (non-hydrogen) atoms. The van der Waals surface area contributed by atoms with Gasteiger partial charge < -0.3 is 10.0 Å². The zero-order valence-electron chi connectivity index (χ0n) is 11.8. The monoisotopic (exact) mass is 268 g/mol. The van der Waals surface area contributed by atoms with Gasteiger partial charge in [-0.05, 0) is 38.6 Å². The maximum atomic E-state index is 12.3. The highest BCUT2D eigenvalue weighted by atomic mass is 16.4. The third-order valence-electron chi connectivity index (χ3n) is 4.55. The van der Waals surface area contributed by atoms with Crippen LogP contribution < -0.4 is 0 Å². The van der Waals surface area contributed by atoms with Gasteiger partial charge in [0.1, 0.15) is 0 Å². The summed E-state index contributed by atoms with van der Waals surface area (Å²) in [4.78, 5) is 27.3. The van der Waals surface area contributed by atoms with E-state index < -0.39 is 5.97 Å². The Kier molecular flexibility index (Phi) is 4.45. The maximum absolute atomic E-state index is 12.3. The zero-order chi connectivity index (χ0) is 14.0. The number of amides is 1. The Morgan fingerprint density at radius 1 is 1.21 bits per heavy atom. The molecule has 0 saturated carbocycles. The number of hydrogen-bond acceptors (Lipinski definition) is 3. The average Bonchev–Trinajstić information content (AvgIpc) is 2.71.